The number of aromatic nitrogens is 2. The van der Waals surface area contributed by atoms with Crippen LogP contribution in [-0.2, 0) is 9.47 Å². The Morgan fingerprint density at radius 1 is 0.529 bits per heavy atom. The van der Waals surface area contributed by atoms with Gasteiger partial charge in [0.25, 0.3) is 0 Å². The summed E-state index contributed by atoms with van der Waals surface area (Å²) in [5.74, 6) is -1.64. The molecule has 2 bridgehead atoms. The van der Waals surface area contributed by atoms with Crippen molar-refractivity contribution < 1.29 is 19.1 Å². The summed E-state index contributed by atoms with van der Waals surface area (Å²) in [5, 5.41) is 0. The summed E-state index contributed by atoms with van der Waals surface area (Å²) in [6.07, 6.45) is 1.67. The van der Waals surface area contributed by atoms with E-state index in [4.69, 9.17) is 9.47 Å². The number of rotatable bonds is 4. The summed E-state index contributed by atoms with van der Waals surface area (Å²) in [5.41, 5.74) is 4.73. The summed E-state index contributed by atoms with van der Waals surface area (Å²) in [6, 6.07) is 26.3. The molecule has 4 aromatic rings. The molecule has 0 fully saturated rings. The molecule has 3 aliphatic rings. The van der Waals surface area contributed by atoms with Gasteiger partial charge in [-0.1, -0.05) is 60.7 Å². The van der Waals surface area contributed by atoms with E-state index in [9.17, 15) is 9.59 Å². The molecule has 2 atom stereocenters. The molecule has 0 aliphatic heterocycles. The van der Waals surface area contributed by atoms with Gasteiger partial charge in [-0.3, -0.25) is 0 Å². The van der Waals surface area contributed by atoms with E-state index in [-0.39, 0.29) is 23.2 Å². The summed E-state index contributed by atoms with van der Waals surface area (Å²) in [6.45, 7) is 0. The van der Waals surface area contributed by atoms with Crippen molar-refractivity contribution in [1.29, 1.82) is 0 Å². The fraction of sp³-hybridized carbons (Fsp3) is 0.143. The fourth-order valence-electron chi connectivity index (χ4n) is 5.18. The van der Waals surface area contributed by atoms with Gasteiger partial charge in [0.15, 0.2) is 12.2 Å². The minimum atomic E-state index is -0.711. The van der Waals surface area contributed by atoms with Crippen molar-refractivity contribution in [1.82, 2.24) is 9.97 Å². The maximum absolute atomic E-state index is 13.1. The molecule has 6 heteroatoms. The van der Waals surface area contributed by atoms with Gasteiger partial charge in [0, 0.05) is 12.4 Å². The Hall–Kier alpha value is -4.32. The Labute approximate surface area is 196 Å². The zero-order valence-electron chi connectivity index (χ0n) is 18.1. The molecular weight excluding hydrogens is 428 g/mol. The van der Waals surface area contributed by atoms with Gasteiger partial charge >= 0.3 is 11.9 Å². The summed E-state index contributed by atoms with van der Waals surface area (Å²) in [7, 11) is 0. The van der Waals surface area contributed by atoms with Crippen molar-refractivity contribution >= 4 is 11.9 Å². The summed E-state index contributed by atoms with van der Waals surface area (Å²) < 4.78 is 12.2. The molecule has 6 nitrogen and oxygen atoms in total. The van der Waals surface area contributed by atoms with E-state index in [2.05, 4.69) is 34.2 Å². The highest BCUT2D eigenvalue weighted by molar-refractivity contribution is 5.88. The van der Waals surface area contributed by atoms with Gasteiger partial charge in [0.05, 0.1) is 11.8 Å². The Morgan fingerprint density at radius 3 is 1.21 bits per heavy atom. The van der Waals surface area contributed by atoms with Crippen molar-refractivity contribution in [3.05, 3.63) is 131 Å². The average molecular weight is 448 g/mol. The normalized spacial score (nSPS) is 21.8. The number of carbonyl (C=O) groups is 2. The number of hydrogen-bond acceptors (Lipinski definition) is 6. The highest BCUT2D eigenvalue weighted by atomic mass is 16.6. The molecule has 2 aromatic carbocycles. The van der Waals surface area contributed by atoms with Crippen molar-refractivity contribution in [2.75, 3.05) is 0 Å². The Balaban J connectivity index is 1.46. The number of benzene rings is 2. The third kappa shape index (κ3) is 3.27. The molecular formula is C28H20N2O4. The third-order valence-corrected chi connectivity index (χ3v) is 6.55. The second kappa shape index (κ2) is 8.23. The van der Waals surface area contributed by atoms with Crippen LogP contribution in [0.4, 0.5) is 0 Å². The van der Waals surface area contributed by atoms with Crippen LogP contribution in [-0.4, -0.2) is 34.1 Å². The van der Waals surface area contributed by atoms with E-state index in [1.807, 2.05) is 24.3 Å². The largest absolute Gasteiger partial charge is 0.453 e. The lowest BCUT2D eigenvalue weighted by Crippen LogP contribution is -2.51. The molecule has 2 unspecified atom stereocenters. The van der Waals surface area contributed by atoms with Gasteiger partial charge in [-0.2, -0.15) is 0 Å². The van der Waals surface area contributed by atoms with Crippen molar-refractivity contribution in [2.45, 2.75) is 24.0 Å². The standard InChI is InChI=1S/C28H20N2O4/c31-27(21-13-5-7-15-29-21)33-25-23-17-9-1-2-10-18(17)24(20-12-4-3-11-19(20)23)26(25)34-28(32)22-14-6-8-16-30-22/h1-16,23-26H. The molecule has 2 aromatic heterocycles. The number of esters is 2. The molecule has 7 rings (SSSR count). The quantitative estimate of drug-likeness (QED) is 0.427. The van der Waals surface area contributed by atoms with Crippen molar-refractivity contribution in [3.8, 4) is 0 Å². The SMILES string of the molecule is O=C(OC1C2c3ccccc3C(c3ccccc32)C1OC(=O)c1ccccn1)c1ccccn1. The maximum atomic E-state index is 13.1. The summed E-state index contributed by atoms with van der Waals surface area (Å²) in [4.78, 5) is 34.4. The average Bonchev–Trinajstić information content (AvgIpc) is 2.90. The van der Waals surface area contributed by atoms with Crippen LogP contribution < -0.4 is 0 Å². The van der Waals surface area contributed by atoms with E-state index >= 15 is 0 Å². The van der Waals surface area contributed by atoms with E-state index in [0.29, 0.717) is 0 Å². The van der Waals surface area contributed by atoms with Crippen LogP contribution in [0.3, 0.4) is 0 Å². The molecule has 0 radical (unpaired) electrons. The van der Waals surface area contributed by atoms with Crippen LogP contribution in [0.15, 0.2) is 97.3 Å². The van der Waals surface area contributed by atoms with Gasteiger partial charge in [-0.05, 0) is 46.5 Å². The van der Waals surface area contributed by atoms with Crippen LogP contribution in [0.25, 0.3) is 0 Å². The Kier molecular flexibility index (Phi) is 4.91. The Bertz CT molecular complexity index is 1220. The fourth-order valence-corrected chi connectivity index (χ4v) is 5.18. The molecule has 34 heavy (non-hydrogen) atoms. The first kappa shape index (κ1) is 20.3. The number of pyridine rings is 2. The molecule has 0 saturated carbocycles. The third-order valence-electron chi connectivity index (χ3n) is 6.55. The van der Waals surface area contributed by atoms with Crippen LogP contribution in [0.5, 0.6) is 0 Å². The first-order valence-electron chi connectivity index (χ1n) is 11.1. The topological polar surface area (TPSA) is 78.4 Å². The Morgan fingerprint density at radius 2 is 0.882 bits per heavy atom. The molecule has 3 aliphatic carbocycles. The molecule has 166 valence electrons. The van der Waals surface area contributed by atoms with Crippen LogP contribution in [0.1, 0.15) is 55.1 Å². The molecule has 0 amide bonds. The van der Waals surface area contributed by atoms with E-state index in [0.717, 1.165) is 22.3 Å². The second-order valence-corrected chi connectivity index (χ2v) is 8.38. The molecule has 0 saturated heterocycles. The number of nitrogens with zero attached hydrogens (tertiary/aromatic N) is 2. The number of carbonyl (C=O) groups excluding carboxylic acids is 2. The zero-order chi connectivity index (χ0) is 23.1. The first-order chi connectivity index (χ1) is 16.7. The lowest BCUT2D eigenvalue weighted by molar-refractivity contribution is -0.0562. The van der Waals surface area contributed by atoms with Crippen LogP contribution >= 0.6 is 0 Å². The van der Waals surface area contributed by atoms with E-state index in [1.165, 1.54) is 0 Å². The van der Waals surface area contributed by atoms with Gasteiger partial charge in [-0.15, -0.1) is 0 Å². The second-order valence-electron chi connectivity index (χ2n) is 8.38. The van der Waals surface area contributed by atoms with Crippen LogP contribution in [0, 0.1) is 0 Å². The minimum Gasteiger partial charge on any atom is -0.453 e. The minimum absolute atomic E-state index is 0.209. The lowest BCUT2D eigenvalue weighted by atomic mass is 9.61. The first-order valence-corrected chi connectivity index (χ1v) is 11.1. The number of hydrogen-bond donors (Lipinski definition) is 0. The molecule has 0 N–H and O–H groups in total. The van der Waals surface area contributed by atoms with Crippen molar-refractivity contribution in [2.24, 2.45) is 0 Å². The highest BCUT2D eigenvalue weighted by Gasteiger charge is 2.53. The molecule has 2 heterocycles. The zero-order valence-corrected chi connectivity index (χ0v) is 18.1. The highest BCUT2D eigenvalue weighted by Crippen LogP contribution is 2.54. The van der Waals surface area contributed by atoms with Gasteiger partial charge in [0.2, 0.25) is 0 Å². The van der Waals surface area contributed by atoms with Crippen molar-refractivity contribution in [3.63, 3.8) is 0 Å². The molecule has 0 spiro atoms. The van der Waals surface area contributed by atoms with E-state index in [1.54, 1.807) is 48.8 Å². The summed E-state index contributed by atoms with van der Waals surface area (Å²) >= 11 is 0. The maximum Gasteiger partial charge on any atom is 0.357 e. The predicted molar refractivity (Wildman–Crippen MR) is 123 cm³/mol. The predicted octanol–water partition coefficient (Wildman–Crippen LogP) is 4.52. The van der Waals surface area contributed by atoms with Gasteiger partial charge in [0.1, 0.15) is 11.4 Å². The van der Waals surface area contributed by atoms with Crippen LogP contribution in [0.2, 0.25) is 0 Å². The van der Waals surface area contributed by atoms with Gasteiger partial charge in [-0.25, -0.2) is 19.6 Å². The monoisotopic (exact) mass is 448 g/mol. The number of ether oxygens (including phenoxy) is 2. The number of fused-ring (bicyclic) bond motifs is 1. The van der Waals surface area contributed by atoms with E-state index < -0.39 is 24.1 Å². The lowest BCUT2D eigenvalue weighted by Gasteiger charge is -2.48. The van der Waals surface area contributed by atoms with Gasteiger partial charge < -0.3 is 9.47 Å². The smallest absolute Gasteiger partial charge is 0.357 e.